The van der Waals surface area contributed by atoms with E-state index in [1.165, 1.54) is 69.1 Å². The minimum absolute atomic E-state index is 0.185. The third kappa shape index (κ3) is 5.39. The molecule has 0 N–H and O–H groups in total. The summed E-state index contributed by atoms with van der Waals surface area (Å²) in [7, 11) is 0. The lowest BCUT2D eigenvalue weighted by Gasteiger charge is -2.31. The molecule has 0 radical (unpaired) electrons. The van der Waals surface area contributed by atoms with Crippen LogP contribution in [0.5, 0.6) is 11.5 Å². The van der Waals surface area contributed by atoms with Crippen molar-refractivity contribution in [2.24, 2.45) is 5.41 Å². The highest BCUT2D eigenvalue weighted by Gasteiger charge is 2.36. The highest BCUT2D eigenvalue weighted by molar-refractivity contribution is 9.11. The predicted octanol–water partition coefficient (Wildman–Crippen LogP) is 7.52. The van der Waals surface area contributed by atoms with Crippen LogP contribution in [0.2, 0.25) is 0 Å². The molecule has 0 bridgehead atoms. The van der Waals surface area contributed by atoms with Gasteiger partial charge in [-0.25, -0.2) is 0 Å². The van der Waals surface area contributed by atoms with Crippen molar-refractivity contribution in [3.8, 4) is 11.5 Å². The fraction of sp³-hybridized carbons (Fsp3) is 0.800. The Balaban J connectivity index is 2.01. The maximum atomic E-state index is 6.29. The quantitative estimate of drug-likeness (QED) is 0.367. The van der Waals surface area contributed by atoms with Gasteiger partial charge in [-0.05, 0) is 35.7 Å². The average Bonchev–Trinajstić information content (AvgIpc) is 2.73. The molecule has 138 valence electrons. The van der Waals surface area contributed by atoms with Gasteiger partial charge >= 0.3 is 0 Å². The first-order valence-corrected chi connectivity index (χ1v) is 11.3. The Morgan fingerprint density at radius 1 is 0.875 bits per heavy atom. The number of aryl methyl sites for hydroxylation is 1. The van der Waals surface area contributed by atoms with E-state index in [4.69, 9.17) is 9.47 Å². The van der Waals surface area contributed by atoms with Crippen LogP contribution in [0.15, 0.2) is 3.79 Å². The molecule has 0 aliphatic carbocycles. The van der Waals surface area contributed by atoms with E-state index in [2.05, 4.69) is 36.7 Å². The summed E-state index contributed by atoms with van der Waals surface area (Å²) in [6.45, 7) is 8.27. The lowest BCUT2D eigenvalue weighted by atomic mass is 9.79. The number of thiophene rings is 1. The van der Waals surface area contributed by atoms with Crippen LogP contribution in [0.4, 0.5) is 0 Å². The minimum Gasteiger partial charge on any atom is -0.488 e. The van der Waals surface area contributed by atoms with Crippen LogP contribution in [0.1, 0.15) is 82.9 Å². The molecule has 24 heavy (non-hydrogen) atoms. The van der Waals surface area contributed by atoms with Gasteiger partial charge in [0.25, 0.3) is 0 Å². The maximum Gasteiger partial charge on any atom is 0.186 e. The molecule has 2 nitrogen and oxygen atoms in total. The summed E-state index contributed by atoms with van der Waals surface area (Å²) in [5.74, 6) is 1.90. The van der Waals surface area contributed by atoms with Gasteiger partial charge in [0.05, 0.1) is 13.2 Å². The van der Waals surface area contributed by atoms with Gasteiger partial charge in [-0.2, -0.15) is 0 Å². The molecule has 0 amide bonds. The third-order valence-corrected chi connectivity index (χ3v) is 6.82. The Hall–Kier alpha value is -0.220. The largest absolute Gasteiger partial charge is 0.488 e. The van der Waals surface area contributed by atoms with Gasteiger partial charge in [0, 0.05) is 10.3 Å². The molecular formula is C20H33BrO2S. The van der Waals surface area contributed by atoms with E-state index >= 15 is 0 Å². The normalized spacial score (nSPS) is 16.2. The van der Waals surface area contributed by atoms with Crippen LogP contribution in [0.25, 0.3) is 0 Å². The van der Waals surface area contributed by atoms with Gasteiger partial charge in [-0.3, -0.25) is 0 Å². The summed E-state index contributed by atoms with van der Waals surface area (Å²) in [6, 6.07) is 0. The van der Waals surface area contributed by atoms with Crippen molar-refractivity contribution in [2.75, 3.05) is 13.2 Å². The average molecular weight is 417 g/mol. The molecule has 0 saturated carbocycles. The van der Waals surface area contributed by atoms with Crippen LogP contribution in [-0.4, -0.2) is 13.2 Å². The fourth-order valence-corrected chi connectivity index (χ4v) is 5.31. The van der Waals surface area contributed by atoms with Gasteiger partial charge in [0.15, 0.2) is 11.5 Å². The Morgan fingerprint density at radius 2 is 1.42 bits per heavy atom. The highest BCUT2D eigenvalue weighted by Crippen LogP contribution is 2.49. The standard InChI is InChI=1S/C20H33BrO2S/c1-4-6-8-10-12-20(13-11-9-7-5-2)14-22-17-16(3)24-19(21)18(17)23-15-20/h4-15H2,1-3H3. The van der Waals surface area contributed by atoms with E-state index < -0.39 is 0 Å². The molecular weight excluding hydrogens is 384 g/mol. The molecule has 0 aromatic carbocycles. The van der Waals surface area contributed by atoms with Gasteiger partial charge in [-0.1, -0.05) is 65.2 Å². The second-order valence-corrected chi connectivity index (χ2v) is 9.83. The number of hydrogen-bond donors (Lipinski definition) is 0. The van der Waals surface area contributed by atoms with E-state index in [0.29, 0.717) is 0 Å². The first-order chi connectivity index (χ1) is 11.6. The van der Waals surface area contributed by atoms with Crippen LogP contribution in [-0.2, 0) is 0 Å². The van der Waals surface area contributed by atoms with E-state index in [1.807, 2.05) is 0 Å². The smallest absolute Gasteiger partial charge is 0.186 e. The summed E-state index contributed by atoms with van der Waals surface area (Å²) >= 11 is 5.34. The van der Waals surface area contributed by atoms with E-state index in [9.17, 15) is 0 Å². The Kier molecular flexibility index (Phi) is 8.42. The number of halogens is 1. The van der Waals surface area contributed by atoms with Crippen molar-refractivity contribution in [1.29, 1.82) is 0 Å². The molecule has 0 fully saturated rings. The predicted molar refractivity (Wildman–Crippen MR) is 108 cm³/mol. The summed E-state index contributed by atoms with van der Waals surface area (Å²) in [6.07, 6.45) is 13.0. The van der Waals surface area contributed by atoms with Crippen molar-refractivity contribution in [1.82, 2.24) is 0 Å². The molecule has 0 unspecified atom stereocenters. The molecule has 0 saturated heterocycles. The van der Waals surface area contributed by atoms with E-state index in [-0.39, 0.29) is 5.41 Å². The van der Waals surface area contributed by atoms with Crippen molar-refractivity contribution in [3.05, 3.63) is 8.66 Å². The van der Waals surface area contributed by atoms with Crippen molar-refractivity contribution in [2.45, 2.75) is 85.0 Å². The first-order valence-electron chi connectivity index (χ1n) is 9.66. The van der Waals surface area contributed by atoms with Crippen LogP contribution in [0, 0.1) is 12.3 Å². The molecule has 1 aliphatic rings. The number of fused-ring (bicyclic) bond motifs is 1. The number of unbranched alkanes of at least 4 members (excludes halogenated alkanes) is 6. The Morgan fingerprint density at radius 3 is 1.96 bits per heavy atom. The second-order valence-electron chi connectivity index (χ2n) is 7.29. The zero-order chi connectivity index (χ0) is 17.4. The van der Waals surface area contributed by atoms with Gasteiger partial charge in [0.1, 0.15) is 3.79 Å². The van der Waals surface area contributed by atoms with Gasteiger partial charge < -0.3 is 9.47 Å². The third-order valence-electron chi connectivity index (χ3n) is 5.11. The second kappa shape index (κ2) is 10.1. The maximum absolute atomic E-state index is 6.29. The molecule has 0 atom stereocenters. The summed E-state index contributed by atoms with van der Waals surface area (Å²) < 4.78 is 13.6. The molecule has 2 rings (SSSR count). The van der Waals surface area contributed by atoms with Crippen LogP contribution in [0.3, 0.4) is 0 Å². The van der Waals surface area contributed by atoms with E-state index in [1.54, 1.807) is 11.3 Å². The molecule has 4 heteroatoms. The van der Waals surface area contributed by atoms with Crippen molar-refractivity contribution < 1.29 is 9.47 Å². The summed E-state index contributed by atoms with van der Waals surface area (Å²) in [5.41, 5.74) is 0.185. The number of rotatable bonds is 10. The van der Waals surface area contributed by atoms with E-state index in [0.717, 1.165) is 28.5 Å². The SMILES string of the molecule is CCCCCCC1(CCCCCC)COc2c(C)sc(Br)c2OC1. The summed E-state index contributed by atoms with van der Waals surface area (Å²) in [5, 5.41) is 0. The van der Waals surface area contributed by atoms with Crippen molar-refractivity contribution >= 4 is 27.3 Å². The van der Waals surface area contributed by atoms with Crippen molar-refractivity contribution in [3.63, 3.8) is 0 Å². The fourth-order valence-electron chi connectivity index (χ4n) is 3.53. The number of ether oxygens (including phenoxy) is 2. The van der Waals surface area contributed by atoms with Gasteiger partial charge in [-0.15, -0.1) is 11.3 Å². The molecule has 1 aromatic heterocycles. The topological polar surface area (TPSA) is 18.5 Å². The minimum atomic E-state index is 0.185. The molecule has 1 aliphatic heterocycles. The first kappa shape index (κ1) is 20.1. The molecule has 2 heterocycles. The zero-order valence-corrected chi connectivity index (χ0v) is 18.0. The molecule has 1 aromatic rings. The Bertz CT molecular complexity index is 456. The summed E-state index contributed by atoms with van der Waals surface area (Å²) in [4.78, 5) is 1.21. The number of hydrogen-bond acceptors (Lipinski definition) is 3. The Labute approximate surface area is 160 Å². The molecule has 0 spiro atoms. The highest BCUT2D eigenvalue weighted by atomic mass is 79.9. The lowest BCUT2D eigenvalue weighted by molar-refractivity contribution is 0.0779. The monoisotopic (exact) mass is 416 g/mol. The van der Waals surface area contributed by atoms with Gasteiger partial charge in [0.2, 0.25) is 0 Å². The van der Waals surface area contributed by atoms with Crippen LogP contribution < -0.4 is 9.47 Å². The lowest BCUT2D eigenvalue weighted by Crippen LogP contribution is -2.33. The zero-order valence-electron chi connectivity index (χ0n) is 15.6. The van der Waals surface area contributed by atoms with Crippen LogP contribution >= 0.6 is 27.3 Å².